The number of esters is 1. The van der Waals surface area contributed by atoms with Crippen LogP contribution in [0.5, 0.6) is 0 Å². The van der Waals surface area contributed by atoms with E-state index in [9.17, 15) is 4.79 Å². The number of nitrogens with two attached hydrogens (primary N) is 1. The minimum Gasteiger partial charge on any atom is -0.465 e. The number of benzene rings is 2. The molecule has 0 aromatic heterocycles. The van der Waals surface area contributed by atoms with Gasteiger partial charge in [0.1, 0.15) is 0 Å². The molecule has 0 bridgehead atoms. The Morgan fingerprint density at radius 1 is 1.21 bits per heavy atom. The fourth-order valence-corrected chi connectivity index (χ4v) is 1.81. The Labute approximate surface area is 112 Å². The van der Waals surface area contributed by atoms with Gasteiger partial charge in [-0.05, 0) is 29.8 Å². The normalized spacial score (nSPS) is 10.0. The van der Waals surface area contributed by atoms with E-state index >= 15 is 0 Å². The molecule has 0 saturated heterocycles. The third-order valence-electron chi connectivity index (χ3n) is 2.77. The van der Waals surface area contributed by atoms with Crippen LogP contribution in [-0.2, 0) is 11.3 Å². The van der Waals surface area contributed by atoms with Crippen molar-refractivity contribution in [2.75, 3.05) is 12.4 Å². The molecular weight excluding hydrogens is 240 g/mol. The first-order valence-corrected chi connectivity index (χ1v) is 5.98. The van der Waals surface area contributed by atoms with Gasteiger partial charge in [0.25, 0.3) is 0 Å². The molecule has 4 heteroatoms. The molecule has 0 heterocycles. The van der Waals surface area contributed by atoms with Crippen LogP contribution in [0.2, 0.25) is 0 Å². The van der Waals surface area contributed by atoms with Crippen LogP contribution in [0.15, 0.2) is 48.5 Å². The van der Waals surface area contributed by atoms with E-state index in [-0.39, 0.29) is 5.97 Å². The largest absolute Gasteiger partial charge is 0.465 e. The maximum absolute atomic E-state index is 11.7. The van der Waals surface area contributed by atoms with Gasteiger partial charge in [-0.25, -0.2) is 4.79 Å². The van der Waals surface area contributed by atoms with E-state index in [0.717, 1.165) is 11.3 Å². The average Bonchev–Trinajstić information content (AvgIpc) is 2.47. The molecular formula is C15H16N2O2. The lowest BCUT2D eigenvalue weighted by molar-refractivity contribution is 0.0602. The van der Waals surface area contributed by atoms with Crippen LogP contribution in [0.25, 0.3) is 0 Å². The topological polar surface area (TPSA) is 64.3 Å². The highest BCUT2D eigenvalue weighted by molar-refractivity contribution is 5.96. The number of ether oxygens (including phenoxy) is 1. The molecule has 0 spiro atoms. The predicted molar refractivity (Wildman–Crippen MR) is 75.4 cm³/mol. The Hall–Kier alpha value is -2.33. The number of hydrogen-bond acceptors (Lipinski definition) is 4. The molecule has 2 aromatic carbocycles. The van der Waals surface area contributed by atoms with E-state index in [1.165, 1.54) is 7.11 Å². The molecule has 0 unspecified atom stereocenters. The first kappa shape index (κ1) is 13.1. The van der Waals surface area contributed by atoms with Gasteiger partial charge in [0.15, 0.2) is 0 Å². The lowest BCUT2D eigenvalue weighted by Crippen LogP contribution is -2.05. The number of carbonyl (C=O) groups is 1. The number of carbonyl (C=O) groups excluding carboxylic acids is 1. The number of nitrogens with one attached hydrogen (secondary N) is 1. The minimum absolute atomic E-state index is 0.363. The van der Waals surface area contributed by atoms with Gasteiger partial charge >= 0.3 is 5.97 Å². The van der Waals surface area contributed by atoms with Crippen molar-refractivity contribution < 1.29 is 9.53 Å². The molecule has 4 nitrogen and oxygen atoms in total. The van der Waals surface area contributed by atoms with E-state index in [2.05, 4.69) is 5.32 Å². The van der Waals surface area contributed by atoms with Gasteiger partial charge in [0, 0.05) is 12.2 Å². The Morgan fingerprint density at radius 3 is 2.74 bits per heavy atom. The van der Waals surface area contributed by atoms with Gasteiger partial charge in [0.05, 0.1) is 18.4 Å². The summed E-state index contributed by atoms with van der Waals surface area (Å²) in [6.45, 7) is 0.480. The van der Waals surface area contributed by atoms with E-state index in [1.54, 1.807) is 12.1 Å². The molecule has 3 N–H and O–H groups in total. The Balaban J connectivity index is 2.30. The van der Waals surface area contributed by atoms with E-state index < -0.39 is 0 Å². The SMILES string of the molecule is COC(=O)c1ccccc1Nc1cccc(CN)c1. The van der Waals surface area contributed by atoms with Crippen LogP contribution >= 0.6 is 0 Å². The summed E-state index contributed by atoms with van der Waals surface area (Å²) in [6, 6.07) is 15.0. The summed E-state index contributed by atoms with van der Waals surface area (Å²) in [7, 11) is 1.37. The molecule has 0 fully saturated rings. The van der Waals surface area contributed by atoms with Crippen molar-refractivity contribution in [1.82, 2.24) is 0 Å². The first-order chi connectivity index (χ1) is 9.24. The average molecular weight is 256 g/mol. The standard InChI is InChI=1S/C15H16N2O2/c1-19-15(18)13-7-2-3-8-14(13)17-12-6-4-5-11(9-12)10-16/h2-9,17H,10,16H2,1H3. The lowest BCUT2D eigenvalue weighted by Gasteiger charge is -2.11. The summed E-state index contributed by atoms with van der Waals surface area (Å²) >= 11 is 0. The van der Waals surface area contributed by atoms with Crippen LogP contribution in [0.1, 0.15) is 15.9 Å². The summed E-state index contributed by atoms with van der Waals surface area (Å²) < 4.78 is 4.76. The highest BCUT2D eigenvalue weighted by Gasteiger charge is 2.10. The summed E-state index contributed by atoms with van der Waals surface area (Å²) in [5, 5.41) is 3.21. The third kappa shape index (κ3) is 3.11. The second-order valence-electron chi connectivity index (χ2n) is 4.07. The number of para-hydroxylation sites is 1. The number of hydrogen-bond donors (Lipinski definition) is 2. The van der Waals surface area contributed by atoms with Gasteiger partial charge in [-0.3, -0.25) is 0 Å². The quantitative estimate of drug-likeness (QED) is 0.825. The van der Waals surface area contributed by atoms with Crippen LogP contribution in [0.4, 0.5) is 11.4 Å². The van der Waals surface area contributed by atoms with Gasteiger partial charge in [-0.15, -0.1) is 0 Å². The minimum atomic E-state index is -0.363. The molecule has 0 amide bonds. The summed E-state index contributed by atoms with van der Waals surface area (Å²) in [5.74, 6) is -0.363. The number of rotatable bonds is 4. The molecule has 0 saturated carbocycles. The molecule has 98 valence electrons. The predicted octanol–water partition coefficient (Wildman–Crippen LogP) is 2.68. The van der Waals surface area contributed by atoms with Crippen molar-refractivity contribution in [2.24, 2.45) is 5.73 Å². The van der Waals surface area contributed by atoms with Crippen molar-refractivity contribution in [2.45, 2.75) is 6.54 Å². The smallest absolute Gasteiger partial charge is 0.339 e. The molecule has 2 aromatic rings. The fraction of sp³-hybridized carbons (Fsp3) is 0.133. The van der Waals surface area contributed by atoms with Crippen LogP contribution in [0, 0.1) is 0 Å². The van der Waals surface area contributed by atoms with Gasteiger partial charge in [-0.1, -0.05) is 24.3 Å². The molecule has 0 aliphatic rings. The van der Waals surface area contributed by atoms with Crippen LogP contribution in [0.3, 0.4) is 0 Å². The molecule has 2 rings (SSSR count). The highest BCUT2D eigenvalue weighted by atomic mass is 16.5. The summed E-state index contributed by atoms with van der Waals surface area (Å²) in [5.41, 5.74) is 8.74. The monoisotopic (exact) mass is 256 g/mol. The number of anilines is 2. The molecule has 0 aliphatic carbocycles. The highest BCUT2D eigenvalue weighted by Crippen LogP contribution is 2.22. The van der Waals surface area contributed by atoms with E-state index in [4.69, 9.17) is 10.5 Å². The zero-order chi connectivity index (χ0) is 13.7. The van der Waals surface area contributed by atoms with Gasteiger partial charge < -0.3 is 15.8 Å². The lowest BCUT2D eigenvalue weighted by atomic mass is 10.1. The maximum Gasteiger partial charge on any atom is 0.339 e. The van der Waals surface area contributed by atoms with Crippen LogP contribution in [-0.4, -0.2) is 13.1 Å². The summed E-state index contributed by atoms with van der Waals surface area (Å²) in [4.78, 5) is 11.7. The van der Waals surface area contributed by atoms with Crippen molar-refractivity contribution >= 4 is 17.3 Å². The van der Waals surface area contributed by atoms with E-state index in [0.29, 0.717) is 17.8 Å². The fourth-order valence-electron chi connectivity index (χ4n) is 1.81. The molecule has 0 radical (unpaired) electrons. The maximum atomic E-state index is 11.7. The van der Waals surface area contributed by atoms with Crippen molar-refractivity contribution in [1.29, 1.82) is 0 Å². The molecule has 0 atom stereocenters. The Bertz CT molecular complexity index is 582. The second kappa shape index (κ2) is 6.02. The molecule has 19 heavy (non-hydrogen) atoms. The summed E-state index contributed by atoms with van der Waals surface area (Å²) in [6.07, 6.45) is 0. The van der Waals surface area contributed by atoms with Gasteiger partial charge in [0.2, 0.25) is 0 Å². The van der Waals surface area contributed by atoms with Crippen molar-refractivity contribution in [3.05, 3.63) is 59.7 Å². The number of methoxy groups -OCH3 is 1. The third-order valence-corrected chi connectivity index (χ3v) is 2.77. The Kier molecular flexibility index (Phi) is 4.15. The second-order valence-corrected chi connectivity index (χ2v) is 4.07. The van der Waals surface area contributed by atoms with Crippen molar-refractivity contribution in [3.63, 3.8) is 0 Å². The zero-order valence-corrected chi connectivity index (χ0v) is 10.7. The Morgan fingerprint density at radius 2 is 2.00 bits per heavy atom. The van der Waals surface area contributed by atoms with E-state index in [1.807, 2.05) is 36.4 Å². The first-order valence-electron chi connectivity index (χ1n) is 5.98. The molecule has 0 aliphatic heterocycles. The zero-order valence-electron chi connectivity index (χ0n) is 10.7. The van der Waals surface area contributed by atoms with Gasteiger partial charge in [-0.2, -0.15) is 0 Å². The van der Waals surface area contributed by atoms with Crippen molar-refractivity contribution in [3.8, 4) is 0 Å². The van der Waals surface area contributed by atoms with Crippen LogP contribution < -0.4 is 11.1 Å².